The molecule has 0 radical (unpaired) electrons. The highest BCUT2D eigenvalue weighted by atomic mass is 28.4. The molecule has 11 heteroatoms. The topological polar surface area (TPSA) is 125 Å². The maximum atomic E-state index is 14.9. The summed E-state index contributed by atoms with van der Waals surface area (Å²) in [5.41, 5.74) is 0.0623. The molecule has 1 aromatic heterocycles. The van der Waals surface area contributed by atoms with E-state index >= 15 is 0 Å². The summed E-state index contributed by atoms with van der Waals surface area (Å²) >= 11 is 0. The number of nitrogens with zero attached hydrogens (tertiary/aromatic N) is 4. The summed E-state index contributed by atoms with van der Waals surface area (Å²) in [5.74, 6) is -0.953. The Kier molecular flexibility index (Phi) is 7.47. The molecule has 4 heterocycles. The second kappa shape index (κ2) is 11.3. The Balaban J connectivity index is 1.38. The van der Waals surface area contributed by atoms with Gasteiger partial charge in [-0.3, -0.25) is 19.3 Å². The highest BCUT2D eigenvalue weighted by Gasteiger charge is 2.67. The second-order valence-corrected chi connectivity index (χ2v) is 17.2. The van der Waals surface area contributed by atoms with Gasteiger partial charge in [0.05, 0.1) is 48.1 Å². The van der Waals surface area contributed by atoms with Crippen molar-refractivity contribution in [1.29, 1.82) is 0 Å². The van der Waals surface area contributed by atoms with Crippen LogP contribution in [0.1, 0.15) is 31.7 Å². The van der Waals surface area contributed by atoms with E-state index in [1.807, 2.05) is 74.6 Å². The number of aliphatic hydroxyl groups is 1. The van der Waals surface area contributed by atoms with Gasteiger partial charge in [-0.05, 0) is 62.3 Å². The van der Waals surface area contributed by atoms with Gasteiger partial charge in [0, 0.05) is 34.6 Å². The lowest BCUT2D eigenvalue weighted by Crippen LogP contribution is -2.45. The maximum absolute atomic E-state index is 14.9. The number of fused-ring (bicyclic) bond motifs is 3. The number of hydrogen-bond donors (Lipinski definition) is 2. The van der Waals surface area contributed by atoms with Crippen molar-refractivity contribution in [3.8, 4) is 5.69 Å². The van der Waals surface area contributed by atoms with Gasteiger partial charge in [0.15, 0.2) is 13.9 Å². The van der Waals surface area contributed by atoms with Crippen molar-refractivity contribution < 1.29 is 24.2 Å². The van der Waals surface area contributed by atoms with Crippen molar-refractivity contribution >= 4 is 42.3 Å². The number of hydrogen-bond acceptors (Lipinski definition) is 7. The Morgan fingerprint density at radius 3 is 2.52 bits per heavy atom. The quantitative estimate of drug-likeness (QED) is 0.303. The predicted octanol–water partition coefficient (Wildman–Crippen LogP) is 4.24. The van der Waals surface area contributed by atoms with Crippen LogP contribution in [0.4, 0.5) is 11.4 Å². The Morgan fingerprint density at radius 1 is 1.04 bits per heavy atom. The number of amides is 2. The molecule has 46 heavy (non-hydrogen) atoms. The molecular formula is C35H38N4O6Si. The van der Waals surface area contributed by atoms with Crippen LogP contribution in [0.5, 0.6) is 0 Å². The predicted molar refractivity (Wildman–Crippen MR) is 177 cm³/mol. The molecule has 0 saturated carbocycles. The van der Waals surface area contributed by atoms with Crippen molar-refractivity contribution in [1.82, 2.24) is 14.7 Å². The van der Waals surface area contributed by atoms with E-state index in [2.05, 4.69) is 5.10 Å². The Hall–Kier alpha value is -4.16. The van der Waals surface area contributed by atoms with Crippen LogP contribution in [0.3, 0.4) is 0 Å². The van der Waals surface area contributed by atoms with Gasteiger partial charge in [-0.1, -0.05) is 43.3 Å². The first-order valence-electron chi connectivity index (χ1n) is 15.9. The SMILES string of the molecule is C[C@@H]1[C@@H]([Si](C)(C)O)[C@H](CC(=O)N2CCC[C@H]2CO)O[C@@]12C(=O)N(c1ccccc1)c1ccc(-n3ncc4ccccc4c3=O)cc12. The molecule has 3 aromatic carbocycles. The van der Waals surface area contributed by atoms with Crippen LogP contribution < -0.4 is 10.5 Å². The van der Waals surface area contributed by atoms with Gasteiger partial charge in [-0.25, -0.2) is 0 Å². The molecule has 0 aliphatic carbocycles. The number of benzene rings is 3. The molecule has 3 aliphatic heterocycles. The molecule has 2 saturated heterocycles. The molecule has 0 bridgehead atoms. The van der Waals surface area contributed by atoms with E-state index in [0.29, 0.717) is 34.6 Å². The molecule has 7 rings (SSSR count). The fourth-order valence-electron chi connectivity index (χ4n) is 8.07. The minimum atomic E-state index is -3.03. The summed E-state index contributed by atoms with van der Waals surface area (Å²) in [7, 11) is -3.03. The van der Waals surface area contributed by atoms with Gasteiger partial charge >= 0.3 is 0 Å². The van der Waals surface area contributed by atoms with E-state index in [4.69, 9.17) is 4.74 Å². The number of para-hydroxylation sites is 1. The molecule has 2 fully saturated rings. The number of likely N-dealkylation sites (tertiary alicyclic amines) is 1. The third kappa shape index (κ3) is 4.64. The lowest BCUT2D eigenvalue weighted by atomic mass is 9.82. The average Bonchev–Trinajstić information content (AvgIpc) is 3.71. The Bertz CT molecular complexity index is 1890. The van der Waals surface area contributed by atoms with Gasteiger partial charge < -0.3 is 19.5 Å². The van der Waals surface area contributed by atoms with Crippen molar-refractivity contribution in [2.45, 2.75) is 62.6 Å². The molecular weight excluding hydrogens is 600 g/mol. The van der Waals surface area contributed by atoms with E-state index in [9.17, 15) is 24.3 Å². The van der Waals surface area contributed by atoms with E-state index in [1.165, 1.54) is 4.68 Å². The molecule has 238 valence electrons. The summed E-state index contributed by atoms with van der Waals surface area (Å²) in [6.45, 7) is 6.03. The normalized spacial score (nSPS) is 26.0. The fraction of sp³-hybridized carbons (Fsp3) is 0.371. The van der Waals surface area contributed by atoms with Crippen molar-refractivity contribution in [3.05, 3.63) is 94.9 Å². The van der Waals surface area contributed by atoms with E-state index in [1.54, 1.807) is 34.2 Å². The highest BCUT2D eigenvalue weighted by molar-refractivity contribution is 6.71. The zero-order valence-corrected chi connectivity index (χ0v) is 27.2. The zero-order valence-electron chi connectivity index (χ0n) is 26.2. The van der Waals surface area contributed by atoms with Crippen molar-refractivity contribution in [3.63, 3.8) is 0 Å². The summed E-state index contributed by atoms with van der Waals surface area (Å²) in [6, 6.07) is 21.7. The number of carbonyl (C=O) groups excluding carboxylic acids is 2. The Morgan fingerprint density at radius 2 is 1.78 bits per heavy atom. The molecule has 1 spiro atoms. The first-order chi connectivity index (χ1) is 22.1. The monoisotopic (exact) mass is 638 g/mol. The zero-order chi connectivity index (χ0) is 32.4. The van der Waals surface area contributed by atoms with E-state index < -0.39 is 31.5 Å². The Labute approximate surface area is 268 Å². The highest BCUT2D eigenvalue weighted by Crippen LogP contribution is 2.61. The van der Waals surface area contributed by atoms with Crippen LogP contribution in [-0.4, -0.2) is 70.0 Å². The third-order valence-corrected chi connectivity index (χ3v) is 12.6. The molecule has 2 N–H and O–H groups in total. The molecule has 5 atom stereocenters. The van der Waals surface area contributed by atoms with Gasteiger partial charge in [0.25, 0.3) is 11.5 Å². The number of aromatic nitrogens is 2. The van der Waals surface area contributed by atoms with Gasteiger partial charge in [0.2, 0.25) is 5.91 Å². The number of carbonyl (C=O) groups is 2. The minimum absolute atomic E-state index is 0.0103. The summed E-state index contributed by atoms with van der Waals surface area (Å²) in [5, 5.41) is 15.6. The number of ether oxygens (including phenoxy) is 1. The largest absolute Gasteiger partial charge is 0.432 e. The van der Waals surface area contributed by atoms with E-state index in [-0.39, 0.29) is 36.4 Å². The van der Waals surface area contributed by atoms with Crippen LogP contribution in [-0.2, 0) is 19.9 Å². The molecule has 3 aliphatic rings. The minimum Gasteiger partial charge on any atom is -0.432 e. The molecule has 2 amide bonds. The van der Waals surface area contributed by atoms with Crippen molar-refractivity contribution in [2.75, 3.05) is 18.1 Å². The summed E-state index contributed by atoms with van der Waals surface area (Å²) in [4.78, 5) is 57.2. The van der Waals surface area contributed by atoms with Gasteiger partial charge in [-0.2, -0.15) is 9.78 Å². The number of aliphatic hydroxyl groups excluding tert-OH is 1. The van der Waals surface area contributed by atoms with Crippen LogP contribution >= 0.6 is 0 Å². The lowest BCUT2D eigenvalue weighted by Gasteiger charge is -2.32. The summed E-state index contributed by atoms with van der Waals surface area (Å²) in [6.07, 6.45) is 2.46. The molecule has 0 unspecified atom stereocenters. The van der Waals surface area contributed by atoms with Crippen molar-refractivity contribution in [2.24, 2.45) is 5.92 Å². The van der Waals surface area contributed by atoms with Crippen LogP contribution in [0, 0.1) is 5.92 Å². The summed E-state index contributed by atoms with van der Waals surface area (Å²) < 4.78 is 8.24. The third-order valence-electron chi connectivity index (χ3n) is 10.1. The van der Waals surface area contributed by atoms with Crippen LogP contribution in [0.2, 0.25) is 18.6 Å². The maximum Gasteiger partial charge on any atom is 0.279 e. The fourth-order valence-corrected chi connectivity index (χ4v) is 10.6. The van der Waals surface area contributed by atoms with E-state index in [0.717, 1.165) is 18.2 Å². The smallest absolute Gasteiger partial charge is 0.279 e. The second-order valence-electron chi connectivity index (χ2n) is 13.3. The standard InChI is InChI=1S/C35H38N4O6Si/c1-22-32(46(2,3)44)30(19-31(41)37-17-9-13-26(37)21-40)45-35(22)28-18-25(39-33(42)27-14-8-7-10-23(27)20-36-39)15-16-29(28)38(34(35)43)24-11-5-4-6-12-24/h4-8,10-12,14-16,18,20,22,26,30,32,40,44H,9,13,17,19,21H2,1-3H3/t22-,26+,30+,32-,35+/m1/s1. The number of rotatable bonds is 6. The van der Waals surface area contributed by atoms with Gasteiger partial charge in [-0.15, -0.1) is 0 Å². The van der Waals surface area contributed by atoms with Gasteiger partial charge in [0.1, 0.15) is 0 Å². The first-order valence-corrected chi connectivity index (χ1v) is 18.9. The lowest BCUT2D eigenvalue weighted by molar-refractivity contribution is -0.149. The molecule has 10 nitrogen and oxygen atoms in total. The molecule has 4 aromatic rings. The van der Waals surface area contributed by atoms with Crippen LogP contribution in [0.25, 0.3) is 16.5 Å². The average molecular weight is 639 g/mol. The van der Waals surface area contributed by atoms with Crippen LogP contribution in [0.15, 0.2) is 83.8 Å². The number of anilines is 2. The first kappa shape index (κ1) is 30.5.